The lowest BCUT2D eigenvalue weighted by Crippen LogP contribution is -2.34. The van der Waals surface area contributed by atoms with Crippen molar-refractivity contribution in [2.45, 2.75) is 13.0 Å². The van der Waals surface area contributed by atoms with Crippen LogP contribution in [-0.2, 0) is 27.3 Å². The van der Waals surface area contributed by atoms with Crippen LogP contribution in [0, 0.1) is 0 Å². The van der Waals surface area contributed by atoms with E-state index in [0.717, 1.165) is 4.90 Å². The van der Waals surface area contributed by atoms with Gasteiger partial charge in [0.2, 0.25) is 0 Å². The van der Waals surface area contributed by atoms with Gasteiger partial charge in [-0.15, -0.1) is 0 Å². The van der Waals surface area contributed by atoms with Gasteiger partial charge in [-0.05, 0) is 11.6 Å². The van der Waals surface area contributed by atoms with Crippen molar-refractivity contribution in [2.75, 3.05) is 13.1 Å². The van der Waals surface area contributed by atoms with E-state index in [4.69, 9.17) is 15.3 Å². The minimum Gasteiger partial charge on any atom is -0.508 e. The van der Waals surface area contributed by atoms with Crippen LogP contribution in [0.2, 0.25) is 0 Å². The molecule has 0 heterocycles. The van der Waals surface area contributed by atoms with Gasteiger partial charge in [-0.1, -0.05) is 12.1 Å². The molecule has 1 aromatic carbocycles. The van der Waals surface area contributed by atoms with Gasteiger partial charge in [-0.3, -0.25) is 19.3 Å². The second-order valence-electron chi connectivity index (χ2n) is 4.47. The summed E-state index contributed by atoms with van der Waals surface area (Å²) in [6, 6.07) is 4.15. The summed E-state index contributed by atoms with van der Waals surface area (Å²) in [5.74, 6) is -3.58. The van der Waals surface area contributed by atoms with Crippen molar-refractivity contribution < 1.29 is 34.8 Å². The van der Waals surface area contributed by atoms with E-state index < -0.39 is 31.0 Å². The van der Waals surface area contributed by atoms with E-state index in [1.807, 2.05) is 0 Å². The minimum atomic E-state index is -1.20. The zero-order valence-electron chi connectivity index (χ0n) is 11.0. The molecule has 0 radical (unpaired) electrons. The Morgan fingerprint density at radius 3 is 2.00 bits per heavy atom. The first-order valence-corrected chi connectivity index (χ1v) is 5.96. The van der Waals surface area contributed by atoms with Crippen LogP contribution >= 0.6 is 0 Å². The zero-order valence-corrected chi connectivity index (χ0v) is 11.0. The molecule has 0 saturated heterocycles. The highest BCUT2D eigenvalue weighted by atomic mass is 16.4. The fraction of sp³-hybridized carbons (Fsp3) is 0.308. The molecule has 0 spiro atoms. The van der Waals surface area contributed by atoms with Crippen molar-refractivity contribution in [1.82, 2.24) is 4.90 Å². The molecule has 0 aromatic heterocycles. The third-order valence-corrected chi connectivity index (χ3v) is 2.61. The number of hydrogen-bond acceptors (Lipinski definition) is 5. The number of benzene rings is 1. The van der Waals surface area contributed by atoms with Crippen molar-refractivity contribution in [3.63, 3.8) is 0 Å². The molecule has 0 aliphatic heterocycles. The van der Waals surface area contributed by atoms with E-state index in [9.17, 15) is 19.5 Å². The van der Waals surface area contributed by atoms with E-state index in [-0.39, 0.29) is 24.3 Å². The third kappa shape index (κ3) is 5.91. The van der Waals surface area contributed by atoms with Crippen LogP contribution in [0.3, 0.4) is 0 Å². The number of nitrogens with zero attached hydrogens (tertiary/aromatic N) is 1. The van der Waals surface area contributed by atoms with E-state index in [1.165, 1.54) is 18.2 Å². The Hall–Kier alpha value is -2.61. The number of phenols is 1. The number of carboxylic acid groups (broad SMARTS) is 3. The fourth-order valence-electron chi connectivity index (χ4n) is 1.84. The largest absolute Gasteiger partial charge is 0.508 e. The molecular formula is C13H15NO7. The number of aromatic hydroxyl groups is 1. The van der Waals surface area contributed by atoms with E-state index >= 15 is 0 Å². The summed E-state index contributed by atoms with van der Waals surface area (Å²) in [4.78, 5) is 33.2. The first-order valence-electron chi connectivity index (χ1n) is 5.96. The standard InChI is InChI=1S/C13H15NO7/c15-10-2-1-8(4-11(16)17)3-9(10)5-14(6-12(18)19)7-13(20)21/h1-3,15H,4-7H2,(H,16,17)(H,18,19)(H,20,21). The lowest BCUT2D eigenvalue weighted by atomic mass is 10.1. The maximum Gasteiger partial charge on any atom is 0.317 e. The molecule has 0 aliphatic rings. The molecular weight excluding hydrogens is 282 g/mol. The summed E-state index contributed by atoms with van der Waals surface area (Å²) < 4.78 is 0. The van der Waals surface area contributed by atoms with E-state index in [2.05, 4.69) is 0 Å². The van der Waals surface area contributed by atoms with Crippen molar-refractivity contribution in [3.05, 3.63) is 29.3 Å². The van der Waals surface area contributed by atoms with Gasteiger partial charge < -0.3 is 20.4 Å². The molecule has 21 heavy (non-hydrogen) atoms. The first kappa shape index (κ1) is 16.4. The molecule has 8 nitrogen and oxygen atoms in total. The lowest BCUT2D eigenvalue weighted by molar-refractivity contribution is -0.142. The fourth-order valence-corrected chi connectivity index (χ4v) is 1.84. The van der Waals surface area contributed by atoms with Crippen LogP contribution in [0.5, 0.6) is 5.75 Å². The Labute approximate surface area is 119 Å². The molecule has 0 amide bonds. The number of carboxylic acids is 3. The molecule has 0 atom stereocenters. The number of phenolic OH excluding ortho intramolecular Hbond substituents is 1. The van der Waals surface area contributed by atoms with Gasteiger partial charge in [-0.25, -0.2) is 0 Å². The summed E-state index contributed by atoms with van der Waals surface area (Å²) in [6.07, 6.45) is -0.245. The van der Waals surface area contributed by atoms with Crippen LogP contribution in [0.4, 0.5) is 0 Å². The van der Waals surface area contributed by atoms with Crippen LogP contribution < -0.4 is 0 Å². The molecule has 0 saturated carbocycles. The van der Waals surface area contributed by atoms with Crippen LogP contribution in [0.15, 0.2) is 18.2 Å². The number of carbonyl (C=O) groups is 3. The Kier molecular flexibility index (Phi) is 5.67. The van der Waals surface area contributed by atoms with Gasteiger partial charge in [0, 0.05) is 12.1 Å². The molecule has 1 rings (SSSR count). The van der Waals surface area contributed by atoms with Gasteiger partial charge in [0.25, 0.3) is 0 Å². The summed E-state index contributed by atoms with van der Waals surface area (Å²) in [6.45, 7) is -1.12. The topological polar surface area (TPSA) is 135 Å². The maximum atomic E-state index is 10.7. The van der Waals surface area contributed by atoms with Crippen molar-refractivity contribution in [3.8, 4) is 5.75 Å². The maximum absolute atomic E-state index is 10.7. The number of aliphatic carboxylic acids is 3. The second-order valence-corrected chi connectivity index (χ2v) is 4.47. The quantitative estimate of drug-likeness (QED) is 0.526. The average molecular weight is 297 g/mol. The molecule has 0 bridgehead atoms. The number of rotatable bonds is 8. The first-order chi connectivity index (χ1) is 9.77. The Morgan fingerprint density at radius 2 is 1.52 bits per heavy atom. The van der Waals surface area contributed by atoms with E-state index in [0.29, 0.717) is 5.56 Å². The van der Waals surface area contributed by atoms with Gasteiger partial charge in [0.05, 0.1) is 19.5 Å². The molecule has 0 aliphatic carbocycles. The smallest absolute Gasteiger partial charge is 0.317 e. The highest BCUT2D eigenvalue weighted by Gasteiger charge is 2.16. The summed E-state index contributed by atoms with van der Waals surface area (Å²) >= 11 is 0. The lowest BCUT2D eigenvalue weighted by Gasteiger charge is -2.19. The molecule has 114 valence electrons. The van der Waals surface area contributed by atoms with E-state index in [1.54, 1.807) is 0 Å². The highest BCUT2D eigenvalue weighted by Crippen LogP contribution is 2.20. The second kappa shape index (κ2) is 7.25. The van der Waals surface area contributed by atoms with Crippen LogP contribution in [0.1, 0.15) is 11.1 Å². The molecule has 8 heteroatoms. The third-order valence-electron chi connectivity index (χ3n) is 2.61. The van der Waals surface area contributed by atoms with Crippen LogP contribution in [-0.4, -0.2) is 56.3 Å². The van der Waals surface area contributed by atoms with Gasteiger partial charge >= 0.3 is 17.9 Å². The monoisotopic (exact) mass is 297 g/mol. The van der Waals surface area contributed by atoms with Crippen LogP contribution in [0.25, 0.3) is 0 Å². The summed E-state index contributed by atoms with van der Waals surface area (Å²) in [5, 5.41) is 35.9. The highest BCUT2D eigenvalue weighted by molar-refractivity contribution is 5.72. The molecule has 1 aromatic rings. The number of hydrogen-bond donors (Lipinski definition) is 4. The average Bonchev–Trinajstić information content (AvgIpc) is 2.31. The minimum absolute atomic E-state index is 0.113. The Balaban J connectivity index is 2.92. The zero-order chi connectivity index (χ0) is 16.0. The van der Waals surface area contributed by atoms with Crippen molar-refractivity contribution in [2.24, 2.45) is 0 Å². The van der Waals surface area contributed by atoms with Crippen molar-refractivity contribution >= 4 is 17.9 Å². The molecule has 0 fully saturated rings. The van der Waals surface area contributed by atoms with Gasteiger partial charge in [0.1, 0.15) is 5.75 Å². The summed E-state index contributed by atoms with van der Waals surface area (Å²) in [7, 11) is 0. The predicted molar refractivity (Wildman–Crippen MR) is 70.0 cm³/mol. The van der Waals surface area contributed by atoms with Gasteiger partial charge in [-0.2, -0.15) is 0 Å². The molecule has 4 N–H and O–H groups in total. The summed E-state index contributed by atoms with van der Waals surface area (Å²) in [5.41, 5.74) is 0.706. The van der Waals surface area contributed by atoms with Gasteiger partial charge in [0.15, 0.2) is 0 Å². The Bertz CT molecular complexity index is 539. The predicted octanol–water partition coefficient (Wildman–Crippen LogP) is -0.00950. The van der Waals surface area contributed by atoms with Crippen molar-refractivity contribution in [1.29, 1.82) is 0 Å². The molecule has 0 unspecified atom stereocenters. The normalized spacial score (nSPS) is 10.5. The SMILES string of the molecule is O=C(O)Cc1ccc(O)c(CN(CC(=O)O)CC(=O)O)c1. The Morgan fingerprint density at radius 1 is 0.952 bits per heavy atom.